The molecule has 2 atom stereocenters. The molecule has 0 aromatic heterocycles. The van der Waals surface area contributed by atoms with Gasteiger partial charge in [-0.25, -0.2) is 5.26 Å². The first kappa shape index (κ1) is 16.2. The zero-order valence-corrected chi connectivity index (χ0v) is 13.7. The van der Waals surface area contributed by atoms with Crippen molar-refractivity contribution in [2.75, 3.05) is 6.61 Å². The van der Waals surface area contributed by atoms with Crippen LogP contribution in [0.25, 0.3) is 0 Å². The maximum absolute atomic E-state index is 12.2. The molecular weight excluding hydrogens is 308 g/mol. The van der Waals surface area contributed by atoms with Crippen molar-refractivity contribution in [2.24, 2.45) is 23.2 Å². The number of carbonyl (C=O) groups excluding carboxylic acids is 2. The van der Waals surface area contributed by atoms with Crippen LogP contribution < -0.4 is 0 Å². The molecule has 0 spiro atoms. The number of carbonyl (C=O) groups is 2. The topological polar surface area (TPSA) is 82.1 Å². The van der Waals surface area contributed by atoms with Crippen LogP contribution in [0.3, 0.4) is 0 Å². The molecule has 4 bridgehead atoms. The van der Waals surface area contributed by atoms with E-state index < -0.39 is 10.7 Å². The average Bonchev–Trinajstić information content (AvgIpc) is 2.47. The Kier molecular flexibility index (Phi) is 4.26. The lowest BCUT2D eigenvalue weighted by Gasteiger charge is -2.55. The van der Waals surface area contributed by atoms with E-state index in [-0.39, 0.29) is 17.3 Å². The summed E-state index contributed by atoms with van der Waals surface area (Å²) in [6.45, 7) is 3.65. The summed E-state index contributed by atoms with van der Waals surface area (Å²) in [5, 5.41) is 11.7. The molecule has 7 heteroatoms. The van der Waals surface area contributed by atoms with Crippen molar-refractivity contribution in [3.8, 4) is 0 Å². The fourth-order valence-corrected chi connectivity index (χ4v) is 4.94. The average molecular weight is 330 g/mol. The molecule has 22 heavy (non-hydrogen) atoms. The summed E-state index contributed by atoms with van der Waals surface area (Å²) >= 11 is 0.703. The predicted octanol–water partition coefficient (Wildman–Crippen LogP) is 2.77. The molecule has 0 aromatic carbocycles. The van der Waals surface area contributed by atoms with Crippen LogP contribution in [0.15, 0.2) is 0 Å². The highest BCUT2D eigenvalue weighted by molar-refractivity contribution is 7.96. The summed E-state index contributed by atoms with van der Waals surface area (Å²) in [4.78, 5) is 24.4. The number of hydrogen-bond acceptors (Lipinski definition) is 7. The predicted molar refractivity (Wildman–Crippen MR) is 78.4 cm³/mol. The van der Waals surface area contributed by atoms with E-state index >= 15 is 0 Å². The highest BCUT2D eigenvalue weighted by Gasteiger charge is 2.55. The molecule has 4 rings (SSSR count). The van der Waals surface area contributed by atoms with E-state index in [4.69, 9.17) is 9.99 Å². The Balaban J connectivity index is 1.60. The van der Waals surface area contributed by atoms with Crippen LogP contribution in [0, 0.1) is 23.2 Å². The minimum atomic E-state index is -0.971. The van der Waals surface area contributed by atoms with Gasteiger partial charge in [-0.1, -0.05) is 5.04 Å². The largest absolute Gasteiger partial charge is 0.464 e. The molecule has 6 nitrogen and oxygen atoms in total. The van der Waals surface area contributed by atoms with E-state index in [0.29, 0.717) is 30.4 Å². The SMILES string of the molecule is CC(C)(SOOO)C(=O)OCC12CC3CC(C1)C(=O)C(C3)C2. The van der Waals surface area contributed by atoms with E-state index in [0.717, 1.165) is 32.1 Å². The van der Waals surface area contributed by atoms with Gasteiger partial charge in [0.25, 0.3) is 0 Å². The molecule has 4 fully saturated rings. The van der Waals surface area contributed by atoms with E-state index in [1.165, 1.54) is 0 Å². The van der Waals surface area contributed by atoms with Crippen LogP contribution in [0.2, 0.25) is 0 Å². The van der Waals surface area contributed by atoms with Gasteiger partial charge in [0.1, 0.15) is 10.5 Å². The lowest BCUT2D eigenvalue weighted by atomic mass is 9.49. The molecule has 0 radical (unpaired) electrons. The lowest BCUT2D eigenvalue weighted by molar-refractivity contribution is -0.432. The highest BCUT2D eigenvalue weighted by Crippen LogP contribution is 2.58. The van der Waals surface area contributed by atoms with Crippen molar-refractivity contribution in [2.45, 2.75) is 50.7 Å². The summed E-state index contributed by atoms with van der Waals surface area (Å²) in [5.41, 5.74) is -0.0187. The Morgan fingerprint density at radius 2 is 1.95 bits per heavy atom. The molecule has 0 aromatic rings. The van der Waals surface area contributed by atoms with Crippen LogP contribution in [-0.2, 0) is 23.7 Å². The summed E-state index contributed by atoms with van der Waals surface area (Å²) in [6.07, 6.45) is 4.82. The van der Waals surface area contributed by atoms with Crippen LogP contribution >= 0.6 is 12.0 Å². The third-order valence-electron chi connectivity index (χ3n) is 5.39. The van der Waals surface area contributed by atoms with Crippen molar-refractivity contribution >= 4 is 23.8 Å². The Bertz CT molecular complexity index is 459. The monoisotopic (exact) mass is 330 g/mol. The second-order valence-electron chi connectivity index (χ2n) is 7.56. The van der Waals surface area contributed by atoms with Gasteiger partial charge >= 0.3 is 5.97 Å². The van der Waals surface area contributed by atoms with Crippen LogP contribution in [0.5, 0.6) is 0 Å². The number of ketones is 1. The zero-order valence-electron chi connectivity index (χ0n) is 12.9. The van der Waals surface area contributed by atoms with Crippen molar-refractivity contribution in [3.05, 3.63) is 0 Å². The van der Waals surface area contributed by atoms with E-state index in [2.05, 4.69) is 9.37 Å². The summed E-state index contributed by atoms with van der Waals surface area (Å²) in [7, 11) is 0. The summed E-state index contributed by atoms with van der Waals surface area (Å²) in [6, 6.07) is 0. The van der Waals surface area contributed by atoms with Gasteiger partial charge in [-0.3, -0.25) is 9.59 Å². The highest BCUT2D eigenvalue weighted by atomic mass is 32.2. The van der Waals surface area contributed by atoms with Crippen molar-refractivity contribution in [1.29, 1.82) is 0 Å². The quantitative estimate of drug-likeness (QED) is 0.347. The van der Waals surface area contributed by atoms with Gasteiger partial charge in [0.15, 0.2) is 0 Å². The van der Waals surface area contributed by atoms with Gasteiger partial charge in [-0.05, 0) is 51.9 Å². The molecule has 0 heterocycles. The summed E-state index contributed by atoms with van der Waals surface area (Å²) < 4.78 is 8.92. The molecule has 124 valence electrons. The molecule has 0 saturated heterocycles. The molecule has 1 N–H and O–H groups in total. The molecule has 4 aliphatic rings. The molecule has 4 saturated carbocycles. The standard InChI is InChI=1S/C15H22O6S/c1-14(2,22-21-20-18)13(17)19-8-15-5-9-3-10(6-15)12(16)11(4-9)7-15/h9-11,18H,3-8H2,1-2H3. The Morgan fingerprint density at radius 1 is 1.32 bits per heavy atom. The molecule has 0 aliphatic heterocycles. The number of hydrogen-bond donors (Lipinski definition) is 1. The maximum Gasteiger partial charge on any atom is 0.324 e. The Labute approximate surface area is 133 Å². The first-order chi connectivity index (χ1) is 10.4. The van der Waals surface area contributed by atoms with Crippen LogP contribution in [0.4, 0.5) is 0 Å². The second-order valence-corrected chi connectivity index (χ2v) is 8.88. The summed E-state index contributed by atoms with van der Waals surface area (Å²) in [5.74, 6) is 0.998. The molecule has 4 aliphatic carbocycles. The van der Waals surface area contributed by atoms with Gasteiger partial charge in [-0.15, -0.1) is 4.33 Å². The number of ether oxygens (including phenoxy) is 1. The van der Waals surface area contributed by atoms with E-state index in [1.54, 1.807) is 13.8 Å². The fraction of sp³-hybridized carbons (Fsp3) is 0.867. The smallest absolute Gasteiger partial charge is 0.324 e. The first-order valence-corrected chi connectivity index (χ1v) is 8.46. The van der Waals surface area contributed by atoms with E-state index in [9.17, 15) is 9.59 Å². The molecule has 2 unspecified atom stereocenters. The fourth-order valence-electron chi connectivity index (χ4n) is 4.61. The van der Waals surface area contributed by atoms with Gasteiger partial charge in [0.05, 0.1) is 18.6 Å². The second kappa shape index (κ2) is 5.78. The van der Waals surface area contributed by atoms with Crippen LogP contribution in [-0.4, -0.2) is 28.4 Å². The first-order valence-electron chi connectivity index (χ1n) is 7.72. The number of esters is 1. The zero-order chi connectivity index (χ0) is 16.0. The van der Waals surface area contributed by atoms with Crippen molar-refractivity contribution < 1.29 is 29.0 Å². The molecular formula is C15H22O6S. The van der Waals surface area contributed by atoms with E-state index in [1.807, 2.05) is 0 Å². The Morgan fingerprint density at radius 3 is 2.55 bits per heavy atom. The van der Waals surface area contributed by atoms with Gasteiger partial charge in [0, 0.05) is 17.3 Å². The maximum atomic E-state index is 12.2. The minimum absolute atomic E-state index is 0.0187. The molecule has 0 amide bonds. The van der Waals surface area contributed by atoms with Crippen LogP contribution in [0.1, 0.15) is 46.0 Å². The van der Waals surface area contributed by atoms with Gasteiger partial charge in [-0.2, -0.15) is 0 Å². The van der Waals surface area contributed by atoms with Gasteiger partial charge < -0.3 is 4.74 Å². The lowest BCUT2D eigenvalue weighted by Crippen LogP contribution is -2.53. The number of Topliss-reactive ketones (excluding diaryl/α,β-unsaturated/α-hetero) is 1. The minimum Gasteiger partial charge on any atom is -0.464 e. The number of rotatable bonds is 6. The van der Waals surface area contributed by atoms with Gasteiger partial charge in [0.2, 0.25) is 0 Å². The third-order valence-corrected chi connectivity index (χ3v) is 6.11. The normalized spacial score (nSPS) is 36.7. The van der Waals surface area contributed by atoms with Crippen molar-refractivity contribution in [1.82, 2.24) is 0 Å². The van der Waals surface area contributed by atoms with Crippen molar-refractivity contribution in [3.63, 3.8) is 0 Å². The third kappa shape index (κ3) is 2.91. The Hall–Kier alpha value is -0.630.